The van der Waals surface area contributed by atoms with Crippen LogP contribution in [-0.4, -0.2) is 12.4 Å². The number of carbonyl (C=O) groups is 1. The Labute approximate surface area is 95.9 Å². The van der Waals surface area contributed by atoms with Gasteiger partial charge < -0.3 is 4.74 Å². The molecule has 1 aliphatic carbocycles. The molecule has 16 heavy (non-hydrogen) atoms. The molecule has 0 spiro atoms. The quantitative estimate of drug-likeness (QED) is 0.773. The van der Waals surface area contributed by atoms with Crippen molar-refractivity contribution < 1.29 is 9.53 Å². The van der Waals surface area contributed by atoms with Gasteiger partial charge in [0.1, 0.15) is 0 Å². The van der Waals surface area contributed by atoms with Gasteiger partial charge in [-0.1, -0.05) is 35.9 Å². The van der Waals surface area contributed by atoms with Crippen LogP contribution in [0.1, 0.15) is 18.9 Å². The summed E-state index contributed by atoms with van der Waals surface area (Å²) in [7, 11) is 0. The van der Waals surface area contributed by atoms with Crippen molar-refractivity contribution in [2.75, 3.05) is 6.61 Å². The molecule has 0 N–H and O–H groups in total. The Morgan fingerprint density at radius 2 is 2.06 bits per heavy atom. The highest BCUT2D eigenvalue weighted by Gasteiger charge is 2.22. The summed E-state index contributed by atoms with van der Waals surface area (Å²) in [5, 5.41) is 0. The van der Waals surface area contributed by atoms with Gasteiger partial charge in [-0.25, -0.2) is 0 Å². The minimum Gasteiger partial charge on any atom is -0.376 e. The Hall–Kier alpha value is -1.41. The van der Waals surface area contributed by atoms with Crippen LogP contribution >= 0.6 is 0 Å². The summed E-state index contributed by atoms with van der Waals surface area (Å²) in [6.45, 7) is 3.11. The predicted octanol–water partition coefficient (Wildman–Crippen LogP) is 2.74. The van der Waals surface area contributed by atoms with Crippen molar-refractivity contribution in [1.82, 2.24) is 0 Å². The number of hydrogen-bond acceptors (Lipinski definition) is 2. The number of allylic oxidation sites excluding steroid dienone is 2. The second kappa shape index (κ2) is 5.08. The van der Waals surface area contributed by atoms with Crippen LogP contribution in [0.5, 0.6) is 0 Å². The molecule has 0 fully saturated rings. The Balaban J connectivity index is 1.76. The lowest BCUT2D eigenvalue weighted by Crippen LogP contribution is -2.14. The van der Waals surface area contributed by atoms with Crippen molar-refractivity contribution >= 4 is 5.78 Å². The molecule has 1 atom stereocenters. The van der Waals surface area contributed by atoms with Gasteiger partial charge in [-0.3, -0.25) is 4.79 Å². The van der Waals surface area contributed by atoms with E-state index >= 15 is 0 Å². The van der Waals surface area contributed by atoms with Gasteiger partial charge in [0, 0.05) is 5.92 Å². The van der Waals surface area contributed by atoms with Crippen molar-refractivity contribution in [3.05, 3.63) is 47.5 Å². The van der Waals surface area contributed by atoms with Crippen LogP contribution in [0.4, 0.5) is 0 Å². The molecule has 0 saturated heterocycles. The molecule has 2 rings (SSSR count). The van der Waals surface area contributed by atoms with Crippen molar-refractivity contribution in [1.29, 1.82) is 0 Å². The van der Waals surface area contributed by atoms with Crippen LogP contribution in [0.2, 0.25) is 0 Å². The number of carbonyl (C=O) groups excluding carboxylic acids is 1. The Kier molecular flexibility index (Phi) is 3.52. The van der Waals surface area contributed by atoms with Crippen molar-refractivity contribution in [3.8, 4) is 0 Å². The average molecular weight is 216 g/mol. The van der Waals surface area contributed by atoms with Crippen molar-refractivity contribution in [2.45, 2.75) is 20.0 Å². The largest absolute Gasteiger partial charge is 0.376 e. The van der Waals surface area contributed by atoms with Gasteiger partial charge in [-0.05, 0) is 25.0 Å². The van der Waals surface area contributed by atoms with Crippen LogP contribution in [0, 0.1) is 5.92 Å². The smallest absolute Gasteiger partial charge is 0.161 e. The topological polar surface area (TPSA) is 26.3 Å². The molecule has 0 amide bonds. The highest BCUT2D eigenvalue weighted by atomic mass is 16.5. The second-order valence-electron chi connectivity index (χ2n) is 4.29. The molecule has 0 aliphatic heterocycles. The van der Waals surface area contributed by atoms with Crippen LogP contribution < -0.4 is 0 Å². The van der Waals surface area contributed by atoms with Gasteiger partial charge in [0.2, 0.25) is 0 Å². The van der Waals surface area contributed by atoms with E-state index in [9.17, 15) is 4.79 Å². The van der Waals surface area contributed by atoms with E-state index in [1.165, 1.54) is 5.57 Å². The maximum Gasteiger partial charge on any atom is 0.161 e. The third-order valence-electron chi connectivity index (χ3n) is 2.79. The standard InChI is InChI=1S/C14H16O2/c1-11-7-13(14(15)8-11)10-16-9-12-5-3-2-4-6-12/h2-6,8,13H,7,9-10H2,1H3. The summed E-state index contributed by atoms with van der Waals surface area (Å²) in [4.78, 5) is 11.5. The number of ether oxygens (including phenoxy) is 1. The molecule has 1 aliphatic rings. The average Bonchev–Trinajstić information content (AvgIpc) is 2.59. The highest BCUT2D eigenvalue weighted by Crippen LogP contribution is 2.21. The highest BCUT2D eigenvalue weighted by molar-refractivity contribution is 5.95. The zero-order valence-electron chi connectivity index (χ0n) is 9.48. The van der Waals surface area contributed by atoms with Gasteiger partial charge >= 0.3 is 0 Å². The van der Waals surface area contributed by atoms with Gasteiger partial charge in [0.05, 0.1) is 13.2 Å². The summed E-state index contributed by atoms with van der Waals surface area (Å²) in [5.74, 6) is 0.259. The minimum atomic E-state index is 0.0451. The molecule has 0 aromatic heterocycles. The summed E-state index contributed by atoms with van der Waals surface area (Å²) in [5.41, 5.74) is 2.32. The molecule has 0 saturated carbocycles. The zero-order valence-corrected chi connectivity index (χ0v) is 9.48. The number of rotatable bonds is 4. The lowest BCUT2D eigenvalue weighted by molar-refractivity contribution is -0.119. The molecular weight excluding hydrogens is 200 g/mol. The van der Waals surface area contributed by atoms with Gasteiger partial charge in [0.15, 0.2) is 5.78 Å². The lowest BCUT2D eigenvalue weighted by Gasteiger charge is -2.09. The summed E-state index contributed by atoms with van der Waals surface area (Å²) in [6, 6.07) is 10.0. The number of ketones is 1. The van der Waals surface area contributed by atoms with Crippen LogP contribution in [0.25, 0.3) is 0 Å². The fourth-order valence-corrected chi connectivity index (χ4v) is 1.94. The first kappa shape index (κ1) is 11.1. The van der Waals surface area contributed by atoms with E-state index in [1.54, 1.807) is 6.08 Å². The number of benzene rings is 1. The first-order valence-corrected chi connectivity index (χ1v) is 5.58. The third kappa shape index (κ3) is 2.80. The predicted molar refractivity (Wildman–Crippen MR) is 63.0 cm³/mol. The Bertz CT molecular complexity index is 392. The molecule has 1 aromatic carbocycles. The molecular formula is C14H16O2. The maximum atomic E-state index is 11.5. The Morgan fingerprint density at radius 1 is 1.31 bits per heavy atom. The van der Waals surface area contributed by atoms with E-state index in [1.807, 2.05) is 37.3 Å². The van der Waals surface area contributed by atoms with Crippen LogP contribution in [0.15, 0.2) is 42.0 Å². The van der Waals surface area contributed by atoms with E-state index < -0.39 is 0 Å². The van der Waals surface area contributed by atoms with Crippen molar-refractivity contribution in [3.63, 3.8) is 0 Å². The van der Waals surface area contributed by atoms with E-state index in [0.717, 1.165) is 12.0 Å². The SMILES string of the molecule is CC1=CC(=O)C(COCc2ccccc2)C1. The van der Waals surface area contributed by atoms with E-state index in [0.29, 0.717) is 13.2 Å². The lowest BCUT2D eigenvalue weighted by atomic mass is 10.1. The third-order valence-corrected chi connectivity index (χ3v) is 2.79. The monoisotopic (exact) mass is 216 g/mol. The fraction of sp³-hybridized carbons (Fsp3) is 0.357. The molecule has 84 valence electrons. The first-order chi connectivity index (χ1) is 7.75. The molecule has 0 heterocycles. The van der Waals surface area contributed by atoms with E-state index in [-0.39, 0.29) is 11.7 Å². The minimum absolute atomic E-state index is 0.0451. The maximum absolute atomic E-state index is 11.5. The van der Waals surface area contributed by atoms with Crippen LogP contribution in [0.3, 0.4) is 0 Å². The summed E-state index contributed by atoms with van der Waals surface area (Å²) < 4.78 is 5.57. The molecule has 0 bridgehead atoms. The normalized spacial score (nSPS) is 19.9. The van der Waals surface area contributed by atoms with E-state index in [4.69, 9.17) is 4.74 Å². The van der Waals surface area contributed by atoms with Crippen LogP contribution in [-0.2, 0) is 16.1 Å². The molecule has 0 radical (unpaired) electrons. The second-order valence-corrected chi connectivity index (χ2v) is 4.29. The number of hydrogen-bond donors (Lipinski definition) is 0. The van der Waals surface area contributed by atoms with E-state index in [2.05, 4.69) is 0 Å². The first-order valence-electron chi connectivity index (χ1n) is 5.58. The van der Waals surface area contributed by atoms with Gasteiger partial charge in [-0.2, -0.15) is 0 Å². The summed E-state index contributed by atoms with van der Waals surface area (Å²) in [6.07, 6.45) is 2.59. The fourth-order valence-electron chi connectivity index (χ4n) is 1.94. The molecule has 2 heteroatoms. The summed E-state index contributed by atoms with van der Waals surface area (Å²) >= 11 is 0. The zero-order chi connectivity index (χ0) is 11.4. The molecule has 2 nitrogen and oxygen atoms in total. The van der Waals surface area contributed by atoms with Gasteiger partial charge in [0.25, 0.3) is 0 Å². The van der Waals surface area contributed by atoms with Crippen molar-refractivity contribution in [2.24, 2.45) is 5.92 Å². The van der Waals surface area contributed by atoms with Gasteiger partial charge in [-0.15, -0.1) is 0 Å². The Morgan fingerprint density at radius 3 is 2.69 bits per heavy atom. The molecule has 1 unspecified atom stereocenters. The molecule has 1 aromatic rings.